The molecule has 0 spiro atoms. The van der Waals surface area contributed by atoms with Gasteiger partial charge in [-0.3, -0.25) is 0 Å². The van der Waals surface area contributed by atoms with Gasteiger partial charge in [-0.1, -0.05) is 12.1 Å². The number of piperidine rings is 1. The normalized spacial score (nSPS) is 23.2. The summed E-state index contributed by atoms with van der Waals surface area (Å²) in [5.41, 5.74) is 5.58. The van der Waals surface area contributed by atoms with Crippen LogP contribution >= 0.6 is 0 Å². The molecule has 2 aromatic carbocycles. The van der Waals surface area contributed by atoms with Crippen LogP contribution in [0.1, 0.15) is 54.4 Å². The van der Waals surface area contributed by atoms with Crippen LogP contribution in [0.25, 0.3) is 11.0 Å². The maximum absolute atomic E-state index is 10.9. The van der Waals surface area contributed by atoms with Crippen molar-refractivity contribution in [3.8, 4) is 6.07 Å². The molecule has 1 aliphatic heterocycles. The van der Waals surface area contributed by atoms with Crippen molar-refractivity contribution in [1.29, 1.82) is 5.26 Å². The van der Waals surface area contributed by atoms with Crippen LogP contribution in [-0.4, -0.2) is 52.4 Å². The molecule has 178 valence electrons. The van der Waals surface area contributed by atoms with Crippen LogP contribution in [0, 0.1) is 24.2 Å². The highest BCUT2D eigenvalue weighted by atomic mass is 16.5. The Labute approximate surface area is 201 Å². The van der Waals surface area contributed by atoms with Gasteiger partial charge in [-0.15, -0.1) is 0 Å². The number of fused-ring (bicyclic) bond motifs is 2. The molecule has 0 amide bonds. The first-order valence-corrected chi connectivity index (χ1v) is 12.3. The molecule has 0 bridgehead atoms. The molecule has 2 heterocycles. The van der Waals surface area contributed by atoms with Gasteiger partial charge in [-0.25, -0.2) is 4.98 Å². The lowest BCUT2D eigenvalue weighted by Gasteiger charge is -2.40. The minimum Gasteiger partial charge on any atom is -0.383 e. The summed E-state index contributed by atoms with van der Waals surface area (Å²) in [5.74, 6) is 1.27. The first-order valence-electron chi connectivity index (χ1n) is 12.3. The Balaban J connectivity index is 1.35. The molecule has 6 nitrogen and oxygen atoms in total. The lowest BCUT2D eigenvalue weighted by Crippen LogP contribution is -2.47. The molecule has 5 rings (SSSR count). The molecule has 0 unspecified atom stereocenters. The number of methoxy groups -OCH3 is 1. The lowest BCUT2D eigenvalue weighted by atomic mass is 9.97. The molecule has 3 atom stereocenters. The highest BCUT2D eigenvalue weighted by Gasteiger charge is 2.37. The Hall–Kier alpha value is -2.72. The number of nitrogens with zero attached hydrogens (tertiary/aromatic N) is 4. The number of ether oxygens (including phenoxy) is 1. The predicted octanol–water partition coefficient (Wildman–Crippen LogP) is 4.12. The van der Waals surface area contributed by atoms with E-state index in [4.69, 9.17) is 9.72 Å². The summed E-state index contributed by atoms with van der Waals surface area (Å²) in [6.07, 6.45) is 3.07. The summed E-state index contributed by atoms with van der Waals surface area (Å²) in [6.45, 7) is 8.56. The number of nitriles is 1. The highest BCUT2D eigenvalue weighted by Crippen LogP contribution is 2.36. The Bertz CT molecular complexity index is 1250. The van der Waals surface area contributed by atoms with E-state index in [0.717, 1.165) is 61.1 Å². The fraction of sp³-hybridized carbons (Fsp3) is 0.500. The first-order chi connectivity index (χ1) is 16.3. The third kappa shape index (κ3) is 4.24. The van der Waals surface area contributed by atoms with Gasteiger partial charge >= 0.3 is 0 Å². The van der Waals surface area contributed by atoms with Crippen LogP contribution < -0.4 is 0 Å². The zero-order chi connectivity index (χ0) is 24.0. The third-order valence-electron chi connectivity index (χ3n) is 7.50. The largest absolute Gasteiger partial charge is 0.383 e. The van der Waals surface area contributed by atoms with Gasteiger partial charge in [0.25, 0.3) is 0 Å². The van der Waals surface area contributed by atoms with E-state index in [-0.39, 0.29) is 12.1 Å². The minimum absolute atomic E-state index is 0.0162. The first kappa shape index (κ1) is 23.0. The number of imidazole rings is 1. The van der Waals surface area contributed by atoms with Crippen molar-refractivity contribution in [3.05, 3.63) is 64.5 Å². The average Bonchev–Trinajstić information content (AvgIpc) is 3.38. The average molecular weight is 459 g/mol. The summed E-state index contributed by atoms with van der Waals surface area (Å²) in [4.78, 5) is 7.38. The van der Waals surface area contributed by atoms with Crippen molar-refractivity contribution in [3.63, 3.8) is 0 Å². The quantitative estimate of drug-likeness (QED) is 0.623. The van der Waals surface area contributed by atoms with Gasteiger partial charge in [-0.05, 0) is 86.9 Å². The van der Waals surface area contributed by atoms with Gasteiger partial charge in [0.1, 0.15) is 11.4 Å². The van der Waals surface area contributed by atoms with Crippen LogP contribution in [0.3, 0.4) is 0 Å². The van der Waals surface area contributed by atoms with Gasteiger partial charge in [0.2, 0.25) is 0 Å². The Morgan fingerprint density at radius 2 is 1.97 bits per heavy atom. The molecule has 2 aliphatic rings. The molecule has 1 N–H and O–H groups in total. The molecule has 1 aliphatic carbocycles. The standard InChI is InChI=1S/C28H34N4O2/c1-18-5-8-24-23(11-18)30-27(28(2,3)33)32(24)25-9-10-31(17-26(25)34-4)16-20-13-21-7-6-19(15-29)12-22(21)14-20/h5-8,11-12,20,25-26,33H,9-10,13-14,16-17H2,1-4H3/t20-,25+,26+/m0/s1. The zero-order valence-electron chi connectivity index (χ0n) is 20.6. The van der Waals surface area contributed by atoms with E-state index < -0.39 is 5.60 Å². The SMILES string of the molecule is CO[C@@H]1CN(C[C@H]2Cc3ccc(C#N)cc3C2)CC[C@H]1n1c(C(C)(C)O)nc2cc(C)ccc21. The Morgan fingerprint density at radius 1 is 1.18 bits per heavy atom. The topological polar surface area (TPSA) is 74.3 Å². The fourth-order valence-corrected chi connectivity index (χ4v) is 5.91. The zero-order valence-corrected chi connectivity index (χ0v) is 20.6. The highest BCUT2D eigenvalue weighted by molar-refractivity contribution is 5.77. The summed E-state index contributed by atoms with van der Waals surface area (Å²) < 4.78 is 8.28. The van der Waals surface area contributed by atoms with Gasteiger partial charge in [0, 0.05) is 26.7 Å². The predicted molar refractivity (Wildman–Crippen MR) is 133 cm³/mol. The van der Waals surface area contributed by atoms with Crippen molar-refractivity contribution >= 4 is 11.0 Å². The van der Waals surface area contributed by atoms with Crippen molar-refractivity contribution in [2.24, 2.45) is 5.92 Å². The lowest BCUT2D eigenvalue weighted by molar-refractivity contribution is -0.0151. The van der Waals surface area contributed by atoms with Crippen molar-refractivity contribution < 1.29 is 9.84 Å². The molecule has 6 heteroatoms. The number of aliphatic hydroxyl groups is 1. The number of aromatic nitrogens is 2. The van der Waals surface area contributed by atoms with Crippen LogP contribution in [0.5, 0.6) is 0 Å². The Kier molecular flexibility index (Phi) is 5.97. The number of rotatable bonds is 5. The van der Waals surface area contributed by atoms with Crippen LogP contribution in [0.2, 0.25) is 0 Å². The fourth-order valence-electron chi connectivity index (χ4n) is 5.91. The van der Waals surface area contributed by atoms with Gasteiger partial charge in [-0.2, -0.15) is 5.26 Å². The van der Waals surface area contributed by atoms with Gasteiger partial charge in [0.05, 0.1) is 34.8 Å². The van der Waals surface area contributed by atoms with Crippen LogP contribution in [-0.2, 0) is 23.2 Å². The smallest absolute Gasteiger partial charge is 0.141 e. The van der Waals surface area contributed by atoms with E-state index in [9.17, 15) is 10.4 Å². The second-order valence-corrected chi connectivity index (χ2v) is 10.6. The molecule has 1 aromatic heterocycles. The van der Waals surface area contributed by atoms with E-state index in [1.54, 1.807) is 7.11 Å². The summed E-state index contributed by atoms with van der Waals surface area (Å²) in [6, 6.07) is 14.8. The maximum Gasteiger partial charge on any atom is 0.141 e. The van der Waals surface area contributed by atoms with Crippen molar-refractivity contribution in [2.75, 3.05) is 26.7 Å². The van der Waals surface area contributed by atoms with E-state index in [1.807, 2.05) is 19.9 Å². The summed E-state index contributed by atoms with van der Waals surface area (Å²) in [5, 5.41) is 20.2. The molecule has 3 aromatic rings. The molecular formula is C28H34N4O2. The number of aryl methyl sites for hydroxylation is 1. The van der Waals surface area contributed by atoms with Crippen molar-refractivity contribution in [2.45, 2.75) is 57.8 Å². The number of hydrogen-bond donors (Lipinski definition) is 1. The van der Waals surface area contributed by atoms with Gasteiger partial charge in [0.15, 0.2) is 0 Å². The monoisotopic (exact) mass is 458 g/mol. The van der Waals surface area contributed by atoms with Crippen LogP contribution in [0.15, 0.2) is 36.4 Å². The van der Waals surface area contributed by atoms with E-state index >= 15 is 0 Å². The van der Waals surface area contributed by atoms with E-state index in [2.05, 4.69) is 52.8 Å². The number of hydrogen-bond acceptors (Lipinski definition) is 5. The van der Waals surface area contributed by atoms with Crippen molar-refractivity contribution in [1.82, 2.24) is 14.5 Å². The third-order valence-corrected chi connectivity index (χ3v) is 7.50. The Morgan fingerprint density at radius 3 is 2.71 bits per heavy atom. The second-order valence-electron chi connectivity index (χ2n) is 10.6. The molecular weight excluding hydrogens is 424 g/mol. The maximum atomic E-state index is 10.9. The molecule has 1 fully saturated rings. The minimum atomic E-state index is -1.04. The summed E-state index contributed by atoms with van der Waals surface area (Å²) in [7, 11) is 1.79. The second kappa shape index (κ2) is 8.81. The number of benzene rings is 2. The number of likely N-dealkylation sites (tertiary alicyclic amines) is 1. The summed E-state index contributed by atoms with van der Waals surface area (Å²) >= 11 is 0. The molecule has 0 radical (unpaired) electrons. The van der Waals surface area contributed by atoms with Crippen LogP contribution in [0.4, 0.5) is 0 Å². The van der Waals surface area contributed by atoms with E-state index in [0.29, 0.717) is 11.7 Å². The van der Waals surface area contributed by atoms with E-state index in [1.165, 1.54) is 11.1 Å². The molecule has 34 heavy (non-hydrogen) atoms. The van der Waals surface area contributed by atoms with Gasteiger partial charge < -0.3 is 19.3 Å². The molecule has 1 saturated heterocycles. The molecule has 0 saturated carbocycles.